The van der Waals surface area contributed by atoms with E-state index in [-0.39, 0.29) is 6.04 Å². The zero-order valence-electron chi connectivity index (χ0n) is 11.7. The van der Waals surface area contributed by atoms with Gasteiger partial charge in [-0.1, -0.05) is 39.0 Å². The second kappa shape index (κ2) is 5.85. The molecule has 1 aromatic carbocycles. The average molecular weight is 247 g/mol. The van der Waals surface area contributed by atoms with E-state index >= 15 is 0 Å². The summed E-state index contributed by atoms with van der Waals surface area (Å²) >= 11 is 0. The zero-order chi connectivity index (χ0) is 13.1. The Hall–Kier alpha value is -0.860. The van der Waals surface area contributed by atoms with Gasteiger partial charge in [0.1, 0.15) is 0 Å². The van der Waals surface area contributed by atoms with Crippen LogP contribution in [0.25, 0.3) is 0 Å². The molecule has 2 rings (SSSR count). The van der Waals surface area contributed by atoms with Crippen molar-refractivity contribution in [3.8, 4) is 0 Å². The van der Waals surface area contributed by atoms with Crippen molar-refractivity contribution >= 4 is 0 Å². The van der Waals surface area contributed by atoms with Crippen molar-refractivity contribution in [3.05, 3.63) is 34.9 Å². The molecule has 0 saturated carbocycles. The summed E-state index contributed by atoms with van der Waals surface area (Å²) in [5, 5.41) is 13.9. The third-order valence-electron chi connectivity index (χ3n) is 3.96. The van der Waals surface area contributed by atoms with Crippen molar-refractivity contribution in [1.29, 1.82) is 0 Å². The van der Waals surface area contributed by atoms with Crippen molar-refractivity contribution < 1.29 is 5.11 Å². The lowest BCUT2D eigenvalue weighted by Gasteiger charge is -2.27. The molecule has 0 spiro atoms. The van der Waals surface area contributed by atoms with Crippen LogP contribution in [-0.2, 0) is 12.8 Å². The van der Waals surface area contributed by atoms with Gasteiger partial charge in [0, 0.05) is 6.04 Å². The highest BCUT2D eigenvalue weighted by Crippen LogP contribution is 2.28. The van der Waals surface area contributed by atoms with Gasteiger partial charge in [0.15, 0.2) is 0 Å². The van der Waals surface area contributed by atoms with Gasteiger partial charge in [-0.3, -0.25) is 0 Å². The fourth-order valence-electron chi connectivity index (χ4n) is 2.93. The Morgan fingerprint density at radius 1 is 1.22 bits per heavy atom. The third kappa shape index (κ3) is 2.76. The van der Waals surface area contributed by atoms with Crippen LogP contribution >= 0.6 is 0 Å². The molecule has 0 aromatic heterocycles. The number of benzene rings is 1. The zero-order valence-corrected chi connectivity index (χ0v) is 11.7. The smallest absolute Gasteiger partial charge is 0.0945 e. The summed E-state index contributed by atoms with van der Waals surface area (Å²) in [7, 11) is 0. The van der Waals surface area contributed by atoms with Crippen LogP contribution < -0.4 is 5.32 Å². The van der Waals surface area contributed by atoms with Crippen LogP contribution in [0.2, 0.25) is 0 Å². The van der Waals surface area contributed by atoms with Gasteiger partial charge in [-0.25, -0.2) is 0 Å². The predicted molar refractivity (Wildman–Crippen MR) is 75.7 cm³/mol. The third-order valence-corrected chi connectivity index (χ3v) is 3.96. The number of aryl methyl sites for hydroxylation is 2. The largest absolute Gasteiger partial charge is 0.387 e. The van der Waals surface area contributed by atoms with E-state index in [1.807, 2.05) is 0 Å². The monoisotopic (exact) mass is 247 g/mol. The summed E-state index contributed by atoms with van der Waals surface area (Å²) in [6.45, 7) is 7.30. The first-order chi connectivity index (χ1) is 8.63. The Labute approximate surface area is 110 Å². The SMILES string of the molecule is CCNC(C(C)C)C(O)c1ccc2c(c1)CCC2. The quantitative estimate of drug-likeness (QED) is 0.838. The number of aliphatic hydroxyl groups excluding tert-OH is 1. The molecular weight excluding hydrogens is 222 g/mol. The standard InChI is InChI=1S/C16H25NO/c1-4-17-15(11(2)3)16(18)14-9-8-12-6-5-7-13(12)10-14/h8-11,15-18H,4-7H2,1-3H3. The maximum atomic E-state index is 10.6. The molecule has 2 heteroatoms. The van der Waals surface area contributed by atoms with Gasteiger partial charge in [-0.05, 0) is 48.4 Å². The van der Waals surface area contributed by atoms with E-state index in [1.165, 1.54) is 30.4 Å². The summed E-state index contributed by atoms with van der Waals surface area (Å²) in [6, 6.07) is 6.64. The first kappa shape index (κ1) is 13.6. The Bertz CT molecular complexity index is 400. The molecule has 1 aromatic rings. The molecule has 18 heavy (non-hydrogen) atoms. The highest BCUT2D eigenvalue weighted by molar-refractivity contribution is 5.36. The second-order valence-electron chi connectivity index (χ2n) is 5.65. The maximum Gasteiger partial charge on any atom is 0.0945 e. The topological polar surface area (TPSA) is 32.3 Å². The summed E-state index contributed by atoms with van der Waals surface area (Å²) in [5.41, 5.74) is 3.97. The predicted octanol–water partition coefficient (Wildman–Crippen LogP) is 2.84. The van der Waals surface area contributed by atoms with E-state index in [0.717, 1.165) is 12.1 Å². The van der Waals surface area contributed by atoms with E-state index < -0.39 is 6.10 Å². The lowest BCUT2D eigenvalue weighted by atomic mass is 9.92. The van der Waals surface area contributed by atoms with Gasteiger partial charge in [-0.2, -0.15) is 0 Å². The molecule has 2 atom stereocenters. The second-order valence-corrected chi connectivity index (χ2v) is 5.65. The lowest BCUT2D eigenvalue weighted by molar-refractivity contribution is 0.106. The number of hydrogen-bond acceptors (Lipinski definition) is 2. The van der Waals surface area contributed by atoms with Crippen LogP contribution in [0.3, 0.4) is 0 Å². The summed E-state index contributed by atoms with van der Waals surface area (Å²) in [6.07, 6.45) is 3.22. The van der Waals surface area contributed by atoms with Crippen LogP contribution in [0.4, 0.5) is 0 Å². The molecule has 100 valence electrons. The van der Waals surface area contributed by atoms with E-state index in [4.69, 9.17) is 0 Å². The highest BCUT2D eigenvalue weighted by atomic mass is 16.3. The molecule has 0 bridgehead atoms. The lowest BCUT2D eigenvalue weighted by Crippen LogP contribution is -2.39. The Kier molecular flexibility index (Phi) is 4.41. The molecule has 1 aliphatic rings. The van der Waals surface area contributed by atoms with Crippen molar-refractivity contribution in [3.63, 3.8) is 0 Å². The molecule has 2 N–H and O–H groups in total. The number of likely N-dealkylation sites (N-methyl/N-ethyl adjacent to an activating group) is 1. The molecule has 0 amide bonds. The molecule has 0 saturated heterocycles. The molecule has 0 heterocycles. The van der Waals surface area contributed by atoms with Gasteiger partial charge in [0.05, 0.1) is 6.10 Å². The first-order valence-electron chi connectivity index (χ1n) is 7.16. The van der Waals surface area contributed by atoms with Crippen LogP contribution in [0.1, 0.15) is 50.0 Å². The molecule has 2 nitrogen and oxygen atoms in total. The van der Waals surface area contributed by atoms with Crippen LogP contribution in [0.15, 0.2) is 18.2 Å². The summed E-state index contributed by atoms with van der Waals surface area (Å²) in [5.74, 6) is 0.424. The Morgan fingerprint density at radius 2 is 1.94 bits per heavy atom. The fraction of sp³-hybridized carbons (Fsp3) is 0.625. The minimum absolute atomic E-state index is 0.134. The Balaban J connectivity index is 2.19. The molecule has 0 aliphatic heterocycles. The maximum absolute atomic E-state index is 10.6. The van der Waals surface area contributed by atoms with E-state index in [2.05, 4.69) is 44.3 Å². The van der Waals surface area contributed by atoms with Crippen molar-refractivity contribution in [2.45, 2.75) is 52.2 Å². The van der Waals surface area contributed by atoms with Gasteiger partial charge in [0.2, 0.25) is 0 Å². The fourth-order valence-corrected chi connectivity index (χ4v) is 2.93. The van der Waals surface area contributed by atoms with Gasteiger partial charge in [0.25, 0.3) is 0 Å². The van der Waals surface area contributed by atoms with Crippen LogP contribution in [0, 0.1) is 5.92 Å². The van der Waals surface area contributed by atoms with E-state index in [1.54, 1.807) is 0 Å². The average Bonchev–Trinajstić information content (AvgIpc) is 2.81. The molecule has 0 fully saturated rings. The summed E-state index contributed by atoms with van der Waals surface area (Å²) in [4.78, 5) is 0. The van der Waals surface area contributed by atoms with Crippen LogP contribution in [0.5, 0.6) is 0 Å². The van der Waals surface area contributed by atoms with Gasteiger partial charge in [-0.15, -0.1) is 0 Å². The number of nitrogens with one attached hydrogen (secondary N) is 1. The number of aliphatic hydroxyl groups is 1. The van der Waals surface area contributed by atoms with Crippen molar-refractivity contribution in [2.75, 3.05) is 6.54 Å². The molecular formula is C16H25NO. The molecule has 1 aliphatic carbocycles. The van der Waals surface area contributed by atoms with Crippen molar-refractivity contribution in [2.24, 2.45) is 5.92 Å². The molecule has 0 radical (unpaired) electrons. The number of fused-ring (bicyclic) bond motifs is 1. The van der Waals surface area contributed by atoms with E-state index in [0.29, 0.717) is 5.92 Å². The van der Waals surface area contributed by atoms with Gasteiger partial charge >= 0.3 is 0 Å². The van der Waals surface area contributed by atoms with E-state index in [9.17, 15) is 5.11 Å². The normalized spacial score (nSPS) is 17.8. The van der Waals surface area contributed by atoms with Crippen LogP contribution in [-0.4, -0.2) is 17.7 Å². The van der Waals surface area contributed by atoms with Gasteiger partial charge < -0.3 is 10.4 Å². The minimum atomic E-state index is -0.407. The highest BCUT2D eigenvalue weighted by Gasteiger charge is 2.24. The number of rotatable bonds is 5. The summed E-state index contributed by atoms with van der Waals surface area (Å²) < 4.78 is 0. The Morgan fingerprint density at radius 3 is 2.61 bits per heavy atom. The minimum Gasteiger partial charge on any atom is -0.387 e. The molecule has 2 unspecified atom stereocenters. The number of hydrogen-bond donors (Lipinski definition) is 2. The first-order valence-corrected chi connectivity index (χ1v) is 7.16. The van der Waals surface area contributed by atoms with Crippen molar-refractivity contribution in [1.82, 2.24) is 5.32 Å².